The van der Waals surface area contributed by atoms with E-state index in [-0.39, 0.29) is 12.5 Å². The first-order valence-electron chi connectivity index (χ1n) is 5.65. The summed E-state index contributed by atoms with van der Waals surface area (Å²) in [6.45, 7) is 3.97. The molecule has 5 heteroatoms. The zero-order valence-corrected chi connectivity index (χ0v) is 11.8. The fourth-order valence-electron chi connectivity index (χ4n) is 1.74. The number of carbonyl (C=O) groups is 1. The van der Waals surface area contributed by atoms with Gasteiger partial charge in [-0.15, -0.1) is 23.2 Å². The molecule has 100 valence electrons. The number of aliphatic carboxylic acids is 1. The third kappa shape index (κ3) is 4.39. The second kappa shape index (κ2) is 6.86. The number of carboxylic acids is 1. The molecule has 0 bridgehead atoms. The molecular weight excluding hydrogens is 275 g/mol. The van der Waals surface area contributed by atoms with Crippen LogP contribution in [0, 0.1) is 5.92 Å². The van der Waals surface area contributed by atoms with Crippen LogP contribution in [0.25, 0.3) is 0 Å². The molecule has 0 aliphatic heterocycles. The van der Waals surface area contributed by atoms with Gasteiger partial charge >= 0.3 is 5.97 Å². The Morgan fingerprint density at radius 2 is 1.83 bits per heavy atom. The maximum absolute atomic E-state index is 11.2. The highest BCUT2D eigenvalue weighted by atomic mass is 35.5. The van der Waals surface area contributed by atoms with Crippen molar-refractivity contribution in [1.82, 2.24) is 0 Å². The van der Waals surface area contributed by atoms with Gasteiger partial charge in [0.2, 0.25) is 0 Å². The Morgan fingerprint density at radius 1 is 1.28 bits per heavy atom. The molecule has 1 rings (SSSR count). The summed E-state index contributed by atoms with van der Waals surface area (Å²) in [5.41, 5.74) is 0.762. The van der Waals surface area contributed by atoms with E-state index in [1.807, 2.05) is 13.8 Å². The maximum atomic E-state index is 11.2. The van der Waals surface area contributed by atoms with Crippen molar-refractivity contribution in [3.63, 3.8) is 0 Å². The number of hydrogen-bond donors (Lipinski definition) is 1. The van der Waals surface area contributed by atoms with Crippen LogP contribution in [0.1, 0.15) is 25.3 Å². The minimum absolute atomic E-state index is 0.0318. The minimum Gasteiger partial charge on any atom is -0.491 e. The molecule has 1 aromatic rings. The lowest BCUT2D eigenvalue weighted by molar-refractivity contribution is -0.139. The predicted octanol–water partition coefficient (Wildman–Crippen LogP) is 3.69. The van der Waals surface area contributed by atoms with Gasteiger partial charge in [-0.3, -0.25) is 4.79 Å². The zero-order chi connectivity index (χ0) is 13.7. The molecular formula is C13H16Cl2O3. The van der Waals surface area contributed by atoms with Crippen LogP contribution in [0.4, 0.5) is 0 Å². The van der Waals surface area contributed by atoms with E-state index in [9.17, 15) is 9.90 Å². The van der Waals surface area contributed by atoms with Crippen molar-refractivity contribution in [2.24, 2.45) is 5.92 Å². The van der Waals surface area contributed by atoms with Gasteiger partial charge < -0.3 is 9.84 Å². The van der Waals surface area contributed by atoms with Crippen molar-refractivity contribution < 1.29 is 14.6 Å². The zero-order valence-electron chi connectivity index (χ0n) is 10.3. The molecule has 1 atom stereocenters. The summed E-state index contributed by atoms with van der Waals surface area (Å²) < 4.78 is 5.31. The molecule has 0 saturated heterocycles. The Hall–Kier alpha value is -0.930. The van der Waals surface area contributed by atoms with Crippen LogP contribution in [0.15, 0.2) is 24.3 Å². The molecule has 0 radical (unpaired) electrons. The van der Waals surface area contributed by atoms with E-state index in [1.165, 1.54) is 0 Å². The highest BCUT2D eigenvalue weighted by Gasteiger charge is 2.23. The van der Waals surface area contributed by atoms with Crippen LogP contribution < -0.4 is 4.74 Å². The molecule has 0 fully saturated rings. The average molecular weight is 291 g/mol. The highest BCUT2D eigenvalue weighted by molar-refractivity contribution is 6.44. The van der Waals surface area contributed by atoms with Gasteiger partial charge in [-0.2, -0.15) is 0 Å². The van der Waals surface area contributed by atoms with E-state index < -0.39 is 16.7 Å². The second-order valence-corrected chi connectivity index (χ2v) is 5.61. The van der Waals surface area contributed by atoms with E-state index in [4.69, 9.17) is 27.9 Å². The molecule has 0 amide bonds. The Kier molecular flexibility index (Phi) is 5.76. The summed E-state index contributed by atoms with van der Waals surface area (Å²) in [5, 5.41) is 9.18. The average Bonchev–Trinajstić information content (AvgIpc) is 2.27. The van der Waals surface area contributed by atoms with Crippen molar-refractivity contribution in [3.05, 3.63) is 29.8 Å². The third-order valence-electron chi connectivity index (χ3n) is 2.55. The SMILES string of the molecule is CC(C)C(C(=O)O)c1ccc(OCC(Cl)Cl)cc1. The molecule has 0 aromatic heterocycles. The van der Waals surface area contributed by atoms with Gasteiger partial charge in [0, 0.05) is 0 Å². The Balaban J connectivity index is 2.77. The minimum atomic E-state index is -0.819. The summed E-state index contributed by atoms with van der Waals surface area (Å²) in [5.74, 6) is -0.671. The van der Waals surface area contributed by atoms with E-state index in [0.717, 1.165) is 5.56 Å². The predicted molar refractivity (Wildman–Crippen MR) is 72.6 cm³/mol. The number of hydrogen-bond acceptors (Lipinski definition) is 2. The molecule has 1 unspecified atom stereocenters. The Bertz CT molecular complexity index is 388. The summed E-state index contributed by atoms with van der Waals surface area (Å²) in [6.07, 6.45) is 0. The maximum Gasteiger partial charge on any atom is 0.311 e. The van der Waals surface area contributed by atoms with Crippen LogP contribution in [0.2, 0.25) is 0 Å². The van der Waals surface area contributed by atoms with Gasteiger partial charge in [-0.1, -0.05) is 26.0 Å². The molecule has 0 aliphatic carbocycles. The number of rotatable bonds is 6. The van der Waals surface area contributed by atoms with Crippen LogP contribution in [-0.2, 0) is 4.79 Å². The summed E-state index contributed by atoms with van der Waals surface area (Å²) in [7, 11) is 0. The van der Waals surface area contributed by atoms with Gasteiger partial charge in [0.1, 0.15) is 17.2 Å². The molecule has 3 nitrogen and oxygen atoms in total. The number of ether oxygens (including phenoxy) is 1. The molecule has 1 aromatic carbocycles. The first kappa shape index (κ1) is 15.1. The van der Waals surface area contributed by atoms with Gasteiger partial charge in [0.15, 0.2) is 0 Å². The van der Waals surface area contributed by atoms with Crippen molar-refractivity contribution in [2.45, 2.75) is 24.6 Å². The third-order valence-corrected chi connectivity index (χ3v) is 2.80. The number of carboxylic acid groups (broad SMARTS) is 1. The lowest BCUT2D eigenvalue weighted by atomic mass is 9.88. The van der Waals surface area contributed by atoms with Crippen LogP contribution in [0.5, 0.6) is 5.75 Å². The van der Waals surface area contributed by atoms with Crippen molar-refractivity contribution in [1.29, 1.82) is 0 Å². The summed E-state index contributed by atoms with van der Waals surface area (Å²) in [6, 6.07) is 6.96. The normalized spacial score (nSPS) is 12.8. The van der Waals surface area contributed by atoms with Gasteiger partial charge in [-0.25, -0.2) is 0 Å². The van der Waals surface area contributed by atoms with Gasteiger partial charge in [0.25, 0.3) is 0 Å². The smallest absolute Gasteiger partial charge is 0.311 e. The standard InChI is InChI=1S/C13H16Cl2O3/c1-8(2)12(13(16)17)9-3-5-10(6-4-9)18-7-11(14)15/h3-6,8,11-12H,7H2,1-2H3,(H,16,17). The molecule has 0 saturated carbocycles. The Morgan fingerprint density at radius 3 is 2.22 bits per heavy atom. The van der Waals surface area contributed by atoms with Crippen molar-refractivity contribution in [2.75, 3.05) is 6.61 Å². The van der Waals surface area contributed by atoms with E-state index in [2.05, 4.69) is 0 Å². The molecule has 0 aliphatic rings. The lowest BCUT2D eigenvalue weighted by Crippen LogP contribution is -2.17. The largest absolute Gasteiger partial charge is 0.491 e. The summed E-state index contributed by atoms with van der Waals surface area (Å²) in [4.78, 5) is 10.6. The first-order valence-corrected chi connectivity index (χ1v) is 6.52. The van der Waals surface area contributed by atoms with Crippen molar-refractivity contribution >= 4 is 29.2 Å². The number of benzene rings is 1. The fourth-order valence-corrected chi connectivity index (χ4v) is 1.87. The van der Waals surface area contributed by atoms with E-state index in [1.54, 1.807) is 24.3 Å². The van der Waals surface area contributed by atoms with E-state index in [0.29, 0.717) is 5.75 Å². The number of alkyl halides is 2. The Labute approximate surface area is 117 Å². The first-order chi connectivity index (χ1) is 8.41. The van der Waals surface area contributed by atoms with Crippen LogP contribution in [-0.4, -0.2) is 22.5 Å². The fraction of sp³-hybridized carbons (Fsp3) is 0.462. The summed E-state index contributed by atoms with van der Waals surface area (Å²) >= 11 is 11.1. The topological polar surface area (TPSA) is 46.5 Å². The molecule has 18 heavy (non-hydrogen) atoms. The molecule has 1 N–H and O–H groups in total. The monoisotopic (exact) mass is 290 g/mol. The highest BCUT2D eigenvalue weighted by Crippen LogP contribution is 2.26. The van der Waals surface area contributed by atoms with Crippen molar-refractivity contribution in [3.8, 4) is 5.75 Å². The van der Waals surface area contributed by atoms with E-state index >= 15 is 0 Å². The molecule has 0 spiro atoms. The quantitative estimate of drug-likeness (QED) is 0.813. The second-order valence-electron chi connectivity index (χ2n) is 4.33. The molecule has 0 heterocycles. The lowest BCUT2D eigenvalue weighted by Gasteiger charge is -2.17. The van der Waals surface area contributed by atoms with Gasteiger partial charge in [0.05, 0.1) is 5.92 Å². The van der Waals surface area contributed by atoms with Crippen LogP contribution >= 0.6 is 23.2 Å². The van der Waals surface area contributed by atoms with Crippen LogP contribution in [0.3, 0.4) is 0 Å². The number of halogens is 2. The van der Waals surface area contributed by atoms with Gasteiger partial charge in [-0.05, 0) is 23.6 Å².